The smallest absolute Gasteiger partial charge is 0.0582 e. The lowest BCUT2D eigenvalue weighted by molar-refractivity contribution is 0.251. The molecule has 1 aromatic carbocycles. The summed E-state index contributed by atoms with van der Waals surface area (Å²) in [4.78, 5) is 0. The maximum atomic E-state index is 8.93. The zero-order valence-electron chi connectivity index (χ0n) is 10.1. The van der Waals surface area contributed by atoms with Crippen molar-refractivity contribution in [2.45, 2.75) is 40.3 Å². The summed E-state index contributed by atoms with van der Waals surface area (Å²) in [6.45, 7) is 9.40. The van der Waals surface area contributed by atoms with Crippen molar-refractivity contribution in [2.75, 3.05) is 6.61 Å². The molecule has 0 fully saturated rings. The predicted octanol–water partition coefficient (Wildman–Crippen LogP) is 2.08. The van der Waals surface area contributed by atoms with Gasteiger partial charge in [0, 0.05) is 12.6 Å². The molecule has 84 valence electrons. The molecule has 0 spiro atoms. The molecular formula is C13H21NO. The van der Waals surface area contributed by atoms with Gasteiger partial charge in [-0.25, -0.2) is 0 Å². The molecule has 15 heavy (non-hydrogen) atoms. The zero-order chi connectivity index (χ0) is 11.4. The third kappa shape index (κ3) is 3.33. The van der Waals surface area contributed by atoms with Crippen LogP contribution in [0.5, 0.6) is 0 Å². The number of hydrogen-bond donors (Lipinski definition) is 2. The molecule has 0 bridgehead atoms. The van der Waals surface area contributed by atoms with Crippen LogP contribution in [0.1, 0.15) is 29.2 Å². The van der Waals surface area contributed by atoms with E-state index in [1.54, 1.807) is 0 Å². The third-order valence-corrected chi connectivity index (χ3v) is 2.74. The number of aliphatic hydroxyl groups is 1. The van der Waals surface area contributed by atoms with E-state index in [1.807, 2.05) is 6.92 Å². The highest BCUT2D eigenvalue weighted by atomic mass is 16.3. The Kier molecular flexibility index (Phi) is 4.30. The third-order valence-electron chi connectivity index (χ3n) is 2.74. The second kappa shape index (κ2) is 5.29. The van der Waals surface area contributed by atoms with Crippen LogP contribution in [0.2, 0.25) is 0 Å². The summed E-state index contributed by atoms with van der Waals surface area (Å²) in [5, 5.41) is 12.2. The van der Waals surface area contributed by atoms with Crippen LogP contribution in [0.15, 0.2) is 12.1 Å². The Morgan fingerprint density at radius 2 is 1.73 bits per heavy atom. The minimum absolute atomic E-state index is 0.158. The minimum Gasteiger partial charge on any atom is -0.395 e. The molecule has 0 saturated heterocycles. The van der Waals surface area contributed by atoms with Crippen LogP contribution in [0.3, 0.4) is 0 Å². The SMILES string of the molecule is Cc1cc(C)c(CN[C@@H](C)CO)c(C)c1. The monoisotopic (exact) mass is 207 g/mol. The van der Waals surface area contributed by atoms with Crippen molar-refractivity contribution in [3.05, 3.63) is 34.4 Å². The van der Waals surface area contributed by atoms with Crippen molar-refractivity contribution in [3.8, 4) is 0 Å². The Morgan fingerprint density at radius 1 is 1.20 bits per heavy atom. The zero-order valence-corrected chi connectivity index (χ0v) is 10.1. The highest BCUT2D eigenvalue weighted by molar-refractivity contribution is 5.37. The van der Waals surface area contributed by atoms with E-state index in [4.69, 9.17) is 5.11 Å². The lowest BCUT2D eigenvalue weighted by Crippen LogP contribution is -2.29. The van der Waals surface area contributed by atoms with Gasteiger partial charge in [0.15, 0.2) is 0 Å². The average molecular weight is 207 g/mol. The quantitative estimate of drug-likeness (QED) is 0.792. The molecule has 0 aliphatic heterocycles. The summed E-state index contributed by atoms with van der Waals surface area (Å²) < 4.78 is 0. The van der Waals surface area contributed by atoms with Crippen LogP contribution in [0.4, 0.5) is 0 Å². The molecule has 0 unspecified atom stereocenters. The summed E-state index contributed by atoms with van der Waals surface area (Å²) in [6, 6.07) is 4.56. The number of benzene rings is 1. The number of aryl methyl sites for hydroxylation is 3. The van der Waals surface area contributed by atoms with Crippen molar-refractivity contribution in [3.63, 3.8) is 0 Å². The summed E-state index contributed by atoms with van der Waals surface area (Å²) in [5.41, 5.74) is 5.31. The first-order valence-corrected chi connectivity index (χ1v) is 5.45. The fourth-order valence-corrected chi connectivity index (χ4v) is 1.83. The Bertz CT molecular complexity index is 310. The van der Waals surface area contributed by atoms with Crippen molar-refractivity contribution < 1.29 is 5.11 Å². The number of nitrogens with one attached hydrogen (secondary N) is 1. The molecule has 0 amide bonds. The minimum atomic E-state index is 0.158. The summed E-state index contributed by atoms with van der Waals surface area (Å²) in [5.74, 6) is 0. The number of aliphatic hydroxyl groups excluding tert-OH is 1. The van der Waals surface area contributed by atoms with Crippen molar-refractivity contribution in [2.24, 2.45) is 0 Å². The van der Waals surface area contributed by atoms with Crippen LogP contribution in [-0.2, 0) is 6.54 Å². The van der Waals surface area contributed by atoms with E-state index in [2.05, 4.69) is 38.2 Å². The molecular weight excluding hydrogens is 186 g/mol. The molecule has 0 aliphatic carbocycles. The Labute approximate surface area is 92.3 Å². The average Bonchev–Trinajstić information content (AvgIpc) is 2.15. The fourth-order valence-electron chi connectivity index (χ4n) is 1.83. The molecule has 2 N–H and O–H groups in total. The predicted molar refractivity (Wildman–Crippen MR) is 64.0 cm³/mol. The summed E-state index contributed by atoms with van der Waals surface area (Å²) >= 11 is 0. The van der Waals surface area contributed by atoms with Crippen LogP contribution in [-0.4, -0.2) is 17.8 Å². The second-order valence-corrected chi connectivity index (χ2v) is 4.34. The van der Waals surface area contributed by atoms with E-state index in [0.717, 1.165) is 6.54 Å². The van der Waals surface area contributed by atoms with Crippen LogP contribution in [0, 0.1) is 20.8 Å². The van der Waals surface area contributed by atoms with Gasteiger partial charge in [-0.3, -0.25) is 0 Å². The van der Waals surface area contributed by atoms with E-state index >= 15 is 0 Å². The van der Waals surface area contributed by atoms with Gasteiger partial charge in [-0.15, -0.1) is 0 Å². The van der Waals surface area contributed by atoms with Gasteiger partial charge in [0.2, 0.25) is 0 Å². The van der Waals surface area contributed by atoms with Crippen LogP contribution >= 0.6 is 0 Å². The van der Waals surface area contributed by atoms with Gasteiger partial charge in [0.05, 0.1) is 6.61 Å². The normalized spacial score (nSPS) is 12.9. The molecule has 1 aromatic rings. The maximum Gasteiger partial charge on any atom is 0.0582 e. The second-order valence-electron chi connectivity index (χ2n) is 4.34. The van der Waals surface area contributed by atoms with E-state index < -0.39 is 0 Å². The summed E-state index contributed by atoms with van der Waals surface area (Å²) in [7, 11) is 0. The van der Waals surface area contributed by atoms with Gasteiger partial charge in [0.25, 0.3) is 0 Å². The molecule has 0 aromatic heterocycles. The molecule has 2 heteroatoms. The van der Waals surface area contributed by atoms with Crippen LogP contribution < -0.4 is 5.32 Å². The Balaban J connectivity index is 2.77. The highest BCUT2D eigenvalue weighted by Crippen LogP contribution is 2.16. The number of rotatable bonds is 4. The Hall–Kier alpha value is -0.860. The van der Waals surface area contributed by atoms with E-state index in [1.165, 1.54) is 22.3 Å². The van der Waals surface area contributed by atoms with Gasteiger partial charge < -0.3 is 10.4 Å². The van der Waals surface area contributed by atoms with E-state index in [0.29, 0.717) is 0 Å². The van der Waals surface area contributed by atoms with Crippen molar-refractivity contribution in [1.82, 2.24) is 5.32 Å². The maximum absolute atomic E-state index is 8.93. The standard InChI is InChI=1S/C13H21NO/c1-9-5-10(2)13(11(3)6-9)7-14-12(4)8-15/h5-6,12,14-15H,7-8H2,1-4H3/t12-/m0/s1. The molecule has 0 aliphatic rings. The topological polar surface area (TPSA) is 32.3 Å². The van der Waals surface area contributed by atoms with E-state index in [9.17, 15) is 0 Å². The van der Waals surface area contributed by atoms with Gasteiger partial charge in [0.1, 0.15) is 0 Å². The number of hydrogen-bond acceptors (Lipinski definition) is 2. The lowest BCUT2D eigenvalue weighted by Gasteiger charge is -2.15. The largest absolute Gasteiger partial charge is 0.395 e. The Morgan fingerprint density at radius 3 is 2.20 bits per heavy atom. The highest BCUT2D eigenvalue weighted by Gasteiger charge is 2.05. The van der Waals surface area contributed by atoms with Crippen molar-refractivity contribution >= 4 is 0 Å². The van der Waals surface area contributed by atoms with Gasteiger partial charge in [-0.2, -0.15) is 0 Å². The molecule has 0 saturated carbocycles. The first kappa shape index (κ1) is 12.2. The first-order chi connectivity index (χ1) is 7.04. The molecule has 2 nitrogen and oxygen atoms in total. The van der Waals surface area contributed by atoms with Gasteiger partial charge in [-0.05, 0) is 44.4 Å². The molecule has 0 heterocycles. The fraction of sp³-hybridized carbons (Fsp3) is 0.538. The van der Waals surface area contributed by atoms with E-state index in [-0.39, 0.29) is 12.6 Å². The van der Waals surface area contributed by atoms with Gasteiger partial charge in [-0.1, -0.05) is 17.7 Å². The van der Waals surface area contributed by atoms with Crippen molar-refractivity contribution in [1.29, 1.82) is 0 Å². The molecule has 1 rings (SSSR count). The van der Waals surface area contributed by atoms with Crippen LogP contribution in [0.25, 0.3) is 0 Å². The van der Waals surface area contributed by atoms with Gasteiger partial charge >= 0.3 is 0 Å². The summed E-state index contributed by atoms with van der Waals surface area (Å²) in [6.07, 6.45) is 0. The molecule has 1 atom stereocenters. The lowest BCUT2D eigenvalue weighted by atomic mass is 10.00. The first-order valence-electron chi connectivity index (χ1n) is 5.45. The molecule has 0 radical (unpaired) electrons.